The maximum absolute atomic E-state index is 11.2. The van der Waals surface area contributed by atoms with Gasteiger partial charge in [0.25, 0.3) is 0 Å². The van der Waals surface area contributed by atoms with Crippen molar-refractivity contribution in [1.82, 2.24) is 0 Å². The van der Waals surface area contributed by atoms with E-state index in [0.717, 1.165) is 18.5 Å². The summed E-state index contributed by atoms with van der Waals surface area (Å²) in [5.74, 6) is 0.742. The molecule has 1 heterocycles. The van der Waals surface area contributed by atoms with Crippen LogP contribution in [0.5, 0.6) is 0 Å². The zero-order valence-corrected chi connectivity index (χ0v) is 9.34. The highest BCUT2D eigenvalue weighted by Crippen LogP contribution is 2.27. The van der Waals surface area contributed by atoms with E-state index in [-0.39, 0.29) is 5.91 Å². The van der Waals surface area contributed by atoms with Crippen molar-refractivity contribution in [3.8, 4) is 0 Å². The minimum absolute atomic E-state index is 0.138. The first-order valence-corrected chi connectivity index (χ1v) is 5.63. The van der Waals surface area contributed by atoms with Crippen molar-refractivity contribution < 1.29 is 4.79 Å². The summed E-state index contributed by atoms with van der Waals surface area (Å²) in [6.45, 7) is 4.44. The fraction of sp³-hybridized carbons (Fsp3) is 0.462. The normalized spacial score (nSPS) is 16.8. The molecule has 0 saturated heterocycles. The lowest BCUT2D eigenvalue weighted by atomic mass is 9.93. The third kappa shape index (κ3) is 2.04. The largest absolute Gasteiger partial charge is 0.326 e. The van der Waals surface area contributed by atoms with Crippen LogP contribution in [-0.2, 0) is 11.2 Å². The lowest BCUT2D eigenvalue weighted by Gasteiger charge is -2.19. The average Bonchev–Trinajstić information content (AvgIpc) is 2.27. The van der Waals surface area contributed by atoms with E-state index in [1.54, 1.807) is 0 Å². The number of anilines is 1. The number of amides is 1. The minimum Gasteiger partial charge on any atom is -0.326 e. The molecule has 0 aliphatic carbocycles. The summed E-state index contributed by atoms with van der Waals surface area (Å²) in [5.41, 5.74) is 3.66. The summed E-state index contributed by atoms with van der Waals surface area (Å²) in [6, 6.07) is 6.40. The lowest BCUT2D eigenvalue weighted by Crippen LogP contribution is -2.19. The molecule has 15 heavy (non-hydrogen) atoms. The van der Waals surface area contributed by atoms with Gasteiger partial charge in [-0.05, 0) is 36.0 Å². The van der Waals surface area contributed by atoms with Crippen molar-refractivity contribution in [3.05, 3.63) is 29.3 Å². The summed E-state index contributed by atoms with van der Waals surface area (Å²) in [4.78, 5) is 11.2. The molecule has 0 spiro atoms. The standard InChI is InChI=1S/C13H17NO/c1-3-9(2)10-4-6-12-11(8-10)5-7-13(15)14-12/h4,6,8-9H,3,5,7H2,1-2H3,(H,14,15). The monoisotopic (exact) mass is 203 g/mol. The molecule has 1 aromatic carbocycles. The van der Waals surface area contributed by atoms with Crippen molar-refractivity contribution >= 4 is 11.6 Å². The van der Waals surface area contributed by atoms with E-state index >= 15 is 0 Å². The second-order valence-corrected chi connectivity index (χ2v) is 4.27. The number of hydrogen-bond donors (Lipinski definition) is 1. The molecule has 1 N–H and O–H groups in total. The Hall–Kier alpha value is -1.31. The van der Waals surface area contributed by atoms with Gasteiger partial charge >= 0.3 is 0 Å². The molecule has 0 aromatic heterocycles. The SMILES string of the molecule is CCC(C)c1ccc2c(c1)CCC(=O)N2. The number of hydrogen-bond acceptors (Lipinski definition) is 1. The van der Waals surface area contributed by atoms with Gasteiger partial charge in [0.1, 0.15) is 0 Å². The number of carbonyl (C=O) groups excluding carboxylic acids is 1. The third-order valence-electron chi connectivity index (χ3n) is 3.21. The molecular formula is C13H17NO. The van der Waals surface area contributed by atoms with Gasteiger partial charge in [-0.3, -0.25) is 4.79 Å². The van der Waals surface area contributed by atoms with Crippen LogP contribution in [0.25, 0.3) is 0 Å². The van der Waals surface area contributed by atoms with Crippen LogP contribution in [0.3, 0.4) is 0 Å². The van der Waals surface area contributed by atoms with E-state index in [9.17, 15) is 4.79 Å². The Balaban J connectivity index is 2.30. The highest BCUT2D eigenvalue weighted by molar-refractivity contribution is 5.93. The minimum atomic E-state index is 0.138. The predicted octanol–water partition coefficient (Wildman–Crippen LogP) is 3.08. The summed E-state index contributed by atoms with van der Waals surface area (Å²) in [5, 5.41) is 2.91. The first-order valence-electron chi connectivity index (χ1n) is 5.63. The molecule has 2 heteroatoms. The van der Waals surface area contributed by atoms with Crippen LogP contribution in [0.4, 0.5) is 5.69 Å². The van der Waals surface area contributed by atoms with Gasteiger partial charge in [-0.15, -0.1) is 0 Å². The lowest BCUT2D eigenvalue weighted by molar-refractivity contribution is -0.116. The molecule has 1 aliphatic rings. The van der Waals surface area contributed by atoms with E-state index in [2.05, 4.69) is 31.3 Å². The first kappa shape index (κ1) is 10.2. The smallest absolute Gasteiger partial charge is 0.224 e. The van der Waals surface area contributed by atoms with Crippen LogP contribution in [0.1, 0.15) is 43.7 Å². The molecule has 1 aromatic rings. The van der Waals surface area contributed by atoms with Gasteiger partial charge in [-0.1, -0.05) is 26.0 Å². The first-order chi connectivity index (χ1) is 7.20. The number of aryl methyl sites for hydroxylation is 1. The predicted molar refractivity (Wildman–Crippen MR) is 62.1 cm³/mol. The molecule has 0 radical (unpaired) electrons. The third-order valence-corrected chi connectivity index (χ3v) is 3.21. The summed E-state index contributed by atoms with van der Waals surface area (Å²) >= 11 is 0. The molecular weight excluding hydrogens is 186 g/mol. The molecule has 0 fully saturated rings. The van der Waals surface area contributed by atoms with Gasteiger partial charge < -0.3 is 5.32 Å². The molecule has 0 saturated carbocycles. The quantitative estimate of drug-likeness (QED) is 0.786. The fourth-order valence-corrected chi connectivity index (χ4v) is 1.95. The van der Waals surface area contributed by atoms with Gasteiger partial charge in [-0.2, -0.15) is 0 Å². The Morgan fingerprint density at radius 3 is 2.93 bits per heavy atom. The maximum Gasteiger partial charge on any atom is 0.224 e. The van der Waals surface area contributed by atoms with E-state index in [1.807, 2.05) is 6.07 Å². The van der Waals surface area contributed by atoms with Crippen molar-refractivity contribution in [2.24, 2.45) is 0 Å². The summed E-state index contributed by atoms with van der Waals surface area (Å²) in [7, 11) is 0. The Kier molecular flexibility index (Phi) is 2.76. The topological polar surface area (TPSA) is 29.1 Å². The zero-order chi connectivity index (χ0) is 10.8. The maximum atomic E-state index is 11.2. The molecule has 1 unspecified atom stereocenters. The Morgan fingerprint density at radius 1 is 1.40 bits per heavy atom. The van der Waals surface area contributed by atoms with Gasteiger partial charge in [0.15, 0.2) is 0 Å². The molecule has 1 atom stereocenters. The van der Waals surface area contributed by atoms with E-state index < -0.39 is 0 Å². The van der Waals surface area contributed by atoms with Crippen molar-refractivity contribution in [3.63, 3.8) is 0 Å². The van der Waals surface area contributed by atoms with E-state index in [0.29, 0.717) is 12.3 Å². The number of fused-ring (bicyclic) bond motifs is 1. The Bertz CT molecular complexity index is 384. The highest BCUT2D eigenvalue weighted by Gasteiger charge is 2.15. The molecule has 2 nitrogen and oxygen atoms in total. The van der Waals surface area contributed by atoms with Crippen molar-refractivity contribution in [2.45, 2.75) is 39.0 Å². The van der Waals surface area contributed by atoms with Crippen LogP contribution in [0, 0.1) is 0 Å². The van der Waals surface area contributed by atoms with E-state index in [1.165, 1.54) is 11.1 Å². The molecule has 0 bridgehead atoms. The van der Waals surface area contributed by atoms with Gasteiger partial charge in [-0.25, -0.2) is 0 Å². The Labute approximate surface area is 90.7 Å². The van der Waals surface area contributed by atoms with Gasteiger partial charge in [0, 0.05) is 12.1 Å². The highest BCUT2D eigenvalue weighted by atomic mass is 16.1. The molecule has 1 aliphatic heterocycles. The molecule has 80 valence electrons. The summed E-state index contributed by atoms with van der Waals surface area (Å²) < 4.78 is 0. The fourth-order valence-electron chi connectivity index (χ4n) is 1.95. The Morgan fingerprint density at radius 2 is 2.20 bits per heavy atom. The average molecular weight is 203 g/mol. The number of carbonyl (C=O) groups is 1. The number of nitrogens with one attached hydrogen (secondary N) is 1. The second-order valence-electron chi connectivity index (χ2n) is 4.27. The van der Waals surface area contributed by atoms with Crippen LogP contribution < -0.4 is 5.32 Å². The van der Waals surface area contributed by atoms with Crippen LogP contribution in [-0.4, -0.2) is 5.91 Å². The van der Waals surface area contributed by atoms with Crippen LogP contribution >= 0.6 is 0 Å². The summed E-state index contributed by atoms with van der Waals surface area (Å²) in [6.07, 6.45) is 2.66. The molecule has 1 amide bonds. The van der Waals surface area contributed by atoms with Crippen LogP contribution in [0.15, 0.2) is 18.2 Å². The van der Waals surface area contributed by atoms with Crippen molar-refractivity contribution in [2.75, 3.05) is 5.32 Å². The van der Waals surface area contributed by atoms with Gasteiger partial charge in [0.05, 0.1) is 0 Å². The van der Waals surface area contributed by atoms with Gasteiger partial charge in [0.2, 0.25) is 5.91 Å². The van der Waals surface area contributed by atoms with Crippen LogP contribution in [0.2, 0.25) is 0 Å². The number of benzene rings is 1. The number of rotatable bonds is 2. The van der Waals surface area contributed by atoms with Crippen molar-refractivity contribution in [1.29, 1.82) is 0 Å². The second kappa shape index (κ2) is 4.05. The zero-order valence-electron chi connectivity index (χ0n) is 9.34. The molecule has 2 rings (SSSR count). The van der Waals surface area contributed by atoms with E-state index in [4.69, 9.17) is 0 Å².